The Bertz CT molecular complexity index is 385. The summed E-state index contributed by atoms with van der Waals surface area (Å²) in [5, 5.41) is 19.0. The van der Waals surface area contributed by atoms with Crippen LogP contribution in [0.2, 0.25) is 0 Å². The van der Waals surface area contributed by atoms with Crippen LogP contribution in [0, 0.1) is 6.92 Å². The monoisotopic (exact) mass is 213 g/mol. The Hall–Kier alpha value is -1.76. The van der Waals surface area contributed by atoms with Crippen molar-refractivity contribution in [3.8, 4) is 0 Å². The maximum Gasteiger partial charge on any atom is 0.328 e. The molecule has 0 saturated carbocycles. The molecule has 6 nitrogen and oxygen atoms in total. The number of hydrogen-bond acceptors (Lipinski definition) is 5. The van der Waals surface area contributed by atoms with Crippen molar-refractivity contribution in [1.29, 1.82) is 0 Å². The Balaban J connectivity index is 2.53. The highest BCUT2D eigenvalue weighted by atomic mass is 32.1. The second kappa shape index (κ2) is 4.47. The molecule has 0 aliphatic rings. The first-order valence-electron chi connectivity index (χ1n) is 3.60. The summed E-state index contributed by atoms with van der Waals surface area (Å²) in [6.07, 6.45) is 1.67. The van der Waals surface area contributed by atoms with Crippen molar-refractivity contribution in [2.45, 2.75) is 6.92 Å². The number of nitrogens with one attached hydrogen (secondary N) is 1. The first kappa shape index (κ1) is 10.3. The SMILES string of the molecule is Cc1nnc(NC(=O)/C=C\C(=O)O)s1. The zero-order chi connectivity index (χ0) is 10.6. The first-order valence-corrected chi connectivity index (χ1v) is 4.41. The summed E-state index contributed by atoms with van der Waals surface area (Å²) in [6, 6.07) is 0. The number of hydrogen-bond donors (Lipinski definition) is 2. The van der Waals surface area contributed by atoms with Crippen LogP contribution in [0.25, 0.3) is 0 Å². The molecule has 0 unspecified atom stereocenters. The van der Waals surface area contributed by atoms with E-state index in [1.807, 2.05) is 0 Å². The standard InChI is InChI=1S/C7H7N3O3S/c1-4-9-10-7(14-4)8-5(11)2-3-6(12)13/h2-3H,1H3,(H,12,13)(H,8,10,11)/b3-2-. The molecule has 0 saturated heterocycles. The average Bonchev–Trinajstić information content (AvgIpc) is 2.48. The van der Waals surface area contributed by atoms with E-state index in [4.69, 9.17) is 5.11 Å². The maximum atomic E-state index is 11.0. The van der Waals surface area contributed by atoms with Crippen molar-refractivity contribution in [3.05, 3.63) is 17.2 Å². The average molecular weight is 213 g/mol. The summed E-state index contributed by atoms with van der Waals surface area (Å²) in [6.45, 7) is 1.75. The highest BCUT2D eigenvalue weighted by Gasteiger charge is 2.02. The molecule has 0 atom stereocenters. The highest BCUT2D eigenvalue weighted by Crippen LogP contribution is 2.13. The van der Waals surface area contributed by atoms with Crippen LogP contribution in [0.3, 0.4) is 0 Å². The number of aromatic nitrogens is 2. The van der Waals surface area contributed by atoms with Gasteiger partial charge in [-0.3, -0.25) is 10.1 Å². The van der Waals surface area contributed by atoms with Gasteiger partial charge in [0, 0.05) is 12.2 Å². The fourth-order valence-electron chi connectivity index (χ4n) is 0.641. The lowest BCUT2D eigenvalue weighted by molar-refractivity contribution is -0.131. The molecule has 1 aromatic heterocycles. The van der Waals surface area contributed by atoms with Gasteiger partial charge in [0.1, 0.15) is 5.01 Å². The van der Waals surface area contributed by atoms with Gasteiger partial charge in [-0.25, -0.2) is 4.79 Å². The molecule has 0 radical (unpaired) electrons. The predicted molar refractivity (Wildman–Crippen MR) is 50.1 cm³/mol. The number of carbonyl (C=O) groups is 2. The molecule has 1 aromatic rings. The number of carboxylic acid groups (broad SMARTS) is 1. The minimum absolute atomic E-state index is 0.350. The molecule has 0 fully saturated rings. The van der Waals surface area contributed by atoms with Gasteiger partial charge in [-0.2, -0.15) is 0 Å². The molecule has 74 valence electrons. The van der Waals surface area contributed by atoms with Gasteiger partial charge in [0.2, 0.25) is 11.0 Å². The number of aryl methyl sites for hydroxylation is 1. The summed E-state index contributed by atoms with van der Waals surface area (Å²) >= 11 is 1.21. The van der Waals surface area contributed by atoms with Crippen molar-refractivity contribution in [2.24, 2.45) is 0 Å². The van der Waals surface area contributed by atoms with Crippen molar-refractivity contribution in [2.75, 3.05) is 5.32 Å². The Labute approximate surface area is 83.3 Å². The number of anilines is 1. The van der Waals surface area contributed by atoms with Gasteiger partial charge in [0.25, 0.3) is 0 Å². The Morgan fingerprint density at radius 1 is 1.43 bits per heavy atom. The van der Waals surface area contributed by atoms with Crippen molar-refractivity contribution >= 4 is 28.3 Å². The molecule has 7 heteroatoms. The summed E-state index contributed by atoms with van der Waals surface area (Å²) < 4.78 is 0. The van der Waals surface area contributed by atoms with Crippen LogP contribution < -0.4 is 5.32 Å². The number of nitrogens with zero attached hydrogens (tertiary/aromatic N) is 2. The quantitative estimate of drug-likeness (QED) is 0.710. The third-order valence-electron chi connectivity index (χ3n) is 1.13. The van der Waals surface area contributed by atoms with E-state index in [2.05, 4.69) is 15.5 Å². The summed E-state index contributed by atoms with van der Waals surface area (Å²) in [5.74, 6) is -1.71. The zero-order valence-corrected chi connectivity index (χ0v) is 8.04. The summed E-state index contributed by atoms with van der Waals surface area (Å²) in [4.78, 5) is 21.1. The largest absolute Gasteiger partial charge is 0.478 e. The minimum Gasteiger partial charge on any atom is -0.478 e. The van der Waals surface area contributed by atoms with Crippen LogP contribution in [-0.4, -0.2) is 27.2 Å². The third kappa shape index (κ3) is 3.31. The van der Waals surface area contributed by atoms with Crippen LogP contribution in [-0.2, 0) is 9.59 Å². The molecule has 1 heterocycles. The summed E-state index contributed by atoms with van der Waals surface area (Å²) in [7, 11) is 0. The molecule has 0 aliphatic heterocycles. The Morgan fingerprint density at radius 2 is 2.14 bits per heavy atom. The van der Waals surface area contributed by atoms with Gasteiger partial charge >= 0.3 is 5.97 Å². The van der Waals surface area contributed by atoms with E-state index >= 15 is 0 Å². The first-order chi connectivity index (χ1) is 6.58. The van der Waals surface area contributed by atoms with Gasteiger partial charge < -0.3 is 5.11 Å². The smallest absolute Gasteiger partial charge is 0.328 e. The van der Waals surface area contributed by atoms with Crippen LogP contribution in [0.5, 0.6) is 0 Å². The van der Waals surface area contributed by atoms with E-state index in [9.17, 15) is 9.59 Å². The lowest BCUT2D eigenvalue weighted by atomic mass is 10.5. The minimum atomic E-state index is -1.17. The van der Waals surface area contributed by atoms with Gasteiger partial charge in [-0.15, -0.1) is 10.2 Å². The van der Waals surface area contributed by atoms with E-state index in [0.29, 0.717) is 5.13 Å². The maximum absolute atomic E-state index is 11.0. The van der Waals surface area contributed by atoms with Crippen molar-refractivity contribution in [1.82, 2.24) is 10.2 Å². The van der Waals surface area contributed by atoms with Crippen LogP contribution in [0.15, 0.2) is 12.2 Å². The molecule has 0 aromatic carbocycles. The Morgan fingerprint density at radius 3 is 2.64 bits per heavy atom. The van der Waals surface area contributed by atoms with E-state index in [0.717, 1.165) is 17.2 Å². The normalized spacial score (nSPS) is 10.4. The Kier molecular flexibility index (Phi) is 3.29. The molecular weight excluding hydrogens is 206 g/mol. The van der Waals surface area contributed by atoms with Crippen molar-refractivity contribution < 1.29 is 14.7 Å². The predicted octanol–water partition coefficient (Wildman–Crippen LogP) is 0.426. The zero-order valence-electron chi connectivity index (χ0n) is 7.22. The van der Waals surface area contributed by atoms with Gasteiger partial charge in [-0.1, -0.05) is 11.3 Å². The van der Waals surface area contributed by atoms with E-state index in [-0.39, 0.29) is 0 Å². The van der Waals surface area contributed by atoms with E-state index in [1.54, 1.807) is 6.92 Å². The molecule has 1 amide bonds. The van der Waals surface area contributed by atoms with Gasteiger partial charge in [0.05, 0.1) is 0 Å². The number of amides is 1. The molecule has 0 aliphatic carbocycles. The second-order valence-electron chi connectivity index (χ2n) is 2.29. The number of aliphatic carboxylic acids is 1. The lowest BCUT2D eigenvalue weighted by Gasteiger charge is -1.92. The molecule has 1 rings (SSSR count). The summed E-state index contributed by atoms with van der Waals surface area (Å²) in [5.41, 5.74) is 0. The second-order valence-corrected chi connectivity index (χ2v) is 3.47. The van der Waals surface area contributed by atoms with Crippen LogP contribution in [0.4, 0.5) is 5.13 Å². The van der Waals surface area contributed by atoms with E-state index < -0.39 is 11.9 Å². The molecule has 2 N–H and O–H groups in total. The fraction of sp³-hybridized carbons (Fsp3) is 0.143. The lowest BCUT2D eigenvalue weighted by Crippen LogP contribution is -2.08. The number of carbonyl (C=O) groups excluding carboxylic acids is 1. The number of carboxylic acids is 1. The molecular formula is C7H7N3O3S. The molecule has 0 spiro atoms. The molecule has 0 bridgehead atoms. The van der Waals surface area contributed by atoms with Gasteiger partial charge in [-0.05, 0) is 6.92 Å². The topological polar surface area (TPSA) is 92.2 Å². The van der Waals surface area contributed by atoms with Gasteiger partial charge in [0.15, 0.2) is 0 Å². The highest BCUT2D eigenvalue weighted by molar-refractivity contribution is 7.15. The fourth-order valence-corrected chi connectivity index (χ4v) is 1.24. The van der Waals surface area contributed by atoms with Crippen molar-refractivity contribution in [3.63, 3.8) is 0 Å². The number of rotatable bonds is 3. The van der Waals surface area contributed by atoms with E-state index in [1.165, 1.54) is 11.3 Å². The third-order valence-corrected chi connectivity index (χ3v) is 1.89. The van der Waals surface area contributed by atoms with Crippen LogP contribution >= 0.6 is 11.3 Å². The van der Waals surface area contributed by atoms with Crippen LogP contribution in [0.1, 0.15) is 5.01 Å². The molecule has 14 heavy (non-hydrogen) atoms.